The second-order valence-corrected chi connectivity index (χ2v) is 10.1. The molecule has 41 heavy (non-hydrogen) atoms. The summed E-state index contributed by atoms with van der Waals surface area (Å²) in [7, 11) is 4.35. The zero-order valence-corrected chi connectivity index (χ0v) is 23.6. The Balaban J connectivity index is 1.72. The molecular formula is C30H27FN2O7S. The molecule has 9 nitrogen and oxygen atoms in total. The van der Waals surface area contributed by atoms with E-state index in [-0.39, 0.29) is 28.0 Å². The lowest BCUT2D eigenvalue weighted by Gasteiger charge is -2.24. The van der Waals surface area contributed by atoms with Crippen LogP contribution in [0.15, 0.2) is 60.2 Å². The number of anilines is 1. The molecule has 11 heteroatoms. The maximum atomic E-state index is 13.9. The van der Waals surface area contributed by atoms with Crippen LogP contribution in [0.1, 0.15) is 30.5 Å². The van der Waals surface area contributed by atoms with Crippen molar-refractivity contribution in [1.29, 1.82) is 0 Å². The fourth-order valence-corrected chi connectivity index (χ4v) is 5.70. The number of methoxy groups -OCH3 is 3. The van der Waals surface area contributed by atoms with E-state index in [0.717, 1.165) is 17.8 Å². The van der Waals surface area contributed by atoms with E-state index in [4.69, 9.17) is 18.9 Å². The van der Waals surface area contributed by atoms with Crippen LogP contribution in [0.3, 0.4) is 0 Å². The molecule has 0 bridgehead atoms. The number of aromatic nitrogens is 1. The van der Waals surface area contributed by atoms with Crippen molar-refractivity contribution in [1.82, 2.24) is 4.98 Å². The topological polar surface area (TPSA) is 107 Å². The summed E-state index contributed by atoms with van der Waals surface area (Å²) >= 11 is 1.05. The Kier molecular flexibility index (Phi) is 7.80. The van der Waals surface area contributed by atoms with Crippen molar-refractivity contribution in [3.05, 3.63) is 77.1 Å². The molecule has 1 aliphatic heterocycles. The fraction of sp³-hybridized carbons (Fsp3) is 0.233. The number of halogens is 1. The van der Waals surface area contributed by atoms with Crippen LogP contribution in [-0.2, 0) is 9.59 Å². The van der Waals surface area contributed by atoms with Crippen molar-refractivity contribution in [2.24, 2.45) is 0 Å². The van der Waals surface area contributed by atoms with Crippen LogP contribution >= 0.6 is 11.3 Å². The first-order valence-electron chi connectivity index (χ1n) is 12.7. The number of thiazole rings is 1. The van der Waals surface area contributed by atoms with E-state index >= 15 is 0 Å². The number of carbonyl (C=O) groups excluding carboxylic acids is 2. The summed E-state index contributed by atoms with van der Waals surface area (Å²) in [4.78, 5) is 32.9. The predicted molar refractivity (Wildman–Crippen MR) is 153 cm³/mol. The smallest absolute Gasteiger partial charge is 0.301 e. The van der Waals surface area contributed by atoms with Gasteiger partial charge in [0.15, 0.2) is 16.6 Å². The monoisotopic (exact) mass is 578 g/mol. The van der Waals surface area contributed by atoms with E-state index in [9.17, 15) is 19.1 Å². The van der Waals surface area contributed by atoms with Gasteiger partial charge in [-0.1, -0.05) is 18.3 Å². The van der Waals surface area contributed by atoms with Crippen LogP contribution in [0.5, 0.6) is 23.0 Å². The van der Waals surface area contributed by atoms with E-state index in [0.29, 0.717) is 39.4 Å². The first kappa shape index (κ1) is 27.9. The number of amides is 1. The van der Waals surface area contributed by atoms with E-state index in [1.54, 1.807) is 36.4 Å². The molecule has 1 N–H and O–H groups in total. The number of Topliss-reactive ketones (excluding diaryl/α,β-unsaturated/α-hetero) is 1. The Morgan fingerprint density at radius 3 is 2.29 bits per heavy atom. The number of ketones is 1. The number of hydrogen-bond acceptors (Lipinski definition) is 9. The summed E-state index contributed by atoms with van der Waals surface area (Å²) < 4.78 is 36.6. The van der Waals surface area contributed by atoms with Crippen molar-refractivity contribution >= 4 is 44.1 Å². The Bertz CT molecular complexity index is 1640. The molecule has 4 aromatic rings. The number of aliphatic hydroxyl groups excluding tert-OH is 1. The Hall–Kier alpha value is -4.64. The highest BCUT2D eigenvalue weighted by Gasteiger charge is 2.48. The van der Waals surface area contributed by atoms with Crippen LogP contribution in [0.4, 0.5) is 9.52 Å². The number of benzene rings is 3. The largest absolute Gasteiger partial charge is 0.507 e. The van der Waals surface area contributed by atoms with Crippen molar-refractivity contribution in [2.45, 2.75) is 19.4 Å². The molecule has 212 valence electrons. The molecular weight excluding hydrogens is 551 g/mol. The van der Waals surface area contributed by atoms with Crippen LogP contribution < -0.4 is 23.8 Å². The number of nitrogens with zero attached hydrogens (tertiary/aromatic N) is 2. The molecule has 0 spiro atoms. The minimum absolute atomic E-state index is 0.156. The lowest BCUT2D eigenvalue weighted by Crippen LogP contribution is -2.29. The minimum atomic E-state index is -1.12. The summed E-state index contributed by atoms with van der Waals surface area (Å²) in [6, 6.07) is 12.7. The highest BCUT2D eigenvalue weighted by atomic mass is 32.1. The van der Waals surface area contributed by atoms with Gasteiger partial charge in [-0.05, 0) is 66.6 Å². The number of hydrogen-bond donors (Lipinski definition) is 1. The molecule has 1 aromatic heterocycles. The maximum absolute atomic E-state index is 13.9. The van der Waals surface area contributed by atoms with Gasteiger partial charge in [0.25, 0.3) is 5.78 Å². The number of aliphatic hydroxyl groups is 1. The molecule has 3 aromatic carbocycles. The van der Waals surface area contributed by atoms with Crippen molar-refractivity contribution in [3.8, 4) is 23.0 Å². The van der Waals surface area contributed by atoms with E-state index in [1.807, 2.05) is 6.92 Å². The standard InChI is InChI=1S/C30H27FN2O7S/c1-5-12-40-19-9-6-16(7-10-19)26(34)24-25(17-13-21(37-2)28(39-4)22(14-17)38-3)33(29(36)27(24)35)30-32-20-11-8-18(31)15-23(20)41-30/h6-11,13-15,25,34H,5,12H2,1-4H3/b26-24+. The third-order valence-electron chi connectivity index (χ3n) is 6.59. The van der Waals surface area contributed by atoms with Gasteiger partial charge in [0.2, 0.25) is 5.75 Å². The van der Waals surface area contributed by atoms with Crippen molar-refractivity contribution in [2.75, 3.05) is 32.8 Å². The van der Waals surface area contributed by atoms with Gasteiger partial charge in [0, 0.05) is 5.56 Å². The highest BCUT2D eigenvalue weighted by molar-refractivity contribution is 7.22. The van der Waals surface area contributed by atoms with E-state index in [1.165, 1.54) is 44.4 Å². The van der Waals surface area contributed by atoms with Crippen LogP contribution in [-0.4, -0.2) is 49.7 Å². The second kappa shape index (κ2) is 11.5. The number of carbonyl (C=O) groups is 2. The molecule has 1 unspecified atom stereocenters. The van der Waals surface area contributed by atoms with Crippen molar-refractivity contribution in [3.63, 3.8) is 0 Å². The summed E-state index contributed by atoms with van der Waals surface area (Å²) in [5, 5.41) is 11.6. The Morgan fingerprint density at radius 2 is 1.68 bits per heavy atom. The minimum Gasteiger partial charge on any atom is -0.507 e. The lowest BCUT2D eigenvalue weighted by molar-refractivity contribution is -0.132. The summed E-state index contributed by atoms with van der Waals surface area (Å²) in [5.74, 6) is -1.14. The average Bonchev–Trinajstić information content (AvgIpc) is 3.52. The van der Waals surface area contributed by atoms with Gasteiger partial charge in [-0.2, -0.15) is 0 Å². The van der Waals surface area contributed by atoms with Crippen molar-refractivity contribution < 1.29 is 38.0 Å². The average molecular weight is 579 g/mol. The van der Waals surface area contributed by atoms with Crippen LogP contribution in [0.2, 0.25) is 0 Å². The number of fused-ring (bicyclic) bond motifs is 1. The molecule has 1 saturated heterocycles. The quantitative estimate of drug-likeness (QED) is 0.149. The zero-order valence-electron chi connectivity index (χ0n) is 22.8. The van der Waals surface area contributed by atoms with Crippen LogP contribution in [0, 0.1) is 5.82 Å². The predicted octanol–water partition coefficient (Wildman–Crippen LogP) is 5.88. The SMILES string of the molecule is CCCOc1ccc(/C(O)=C2\C(=O)C(=O)N(c3nc4ccc(F)cc4s3)C2c2cc(OC)c(OC)c(OC)c2)cc1. The van der Waals surface area contributed by atoms with Crippen LogP contribution in [0.25, 0.3) is 16.0 Å². The van der Waals surface area contributed by atoms with Gasteiger partial charge in [-0.3, -0.25) is 14.5 Å². The Morgan fingerprint density at radius 1 is 1.00 bits per heavy atom. The summed E-state index contributed by atoms with van der Waals surface area (Å²) in [6.45, 7) is 2.52. The first-order chi connectivity index (χ1) is 19.8. The van der Waals surface area contributed by atoms with Gasteiger partial charge in [0.1, 0.15) is 17.3 Å². The van der Waals surface area contributed by atoms with E-state index in [2.05, 4.69) is 4.98 Å². The molecule has 1 fully saturated rings. The van der Waals surface area contributed by atoms with Gasteiger partial charge in [-0.25, -0.2) is 9.37 Å². The second-order valence-electron chi connectivity index (χ2n) is 9.11. The zero-order chi connectivity index (χ0) is 29.3. The van der Waals surface area contributed by atoms with Gasteiger partial charge in [-0.15, -0.1) is 0 Å². The highest BCUT2D eigenvalue weighted by Crippen LogP contribution is 2.48. The van der Waals surface area contributed by atoms with Gasteiger partial charge >= 0.3 is 5.91 Å². The molecule has 0 saturated carbocycles. The third-order valence-corrected chi connectivity index (χ3v) is 7.61. The summed E-state index contributed by atoms with van der Waals surface area (Å²) in [6.07, 6.45) is 0.832. The molecule has 5 rings (SSSR count). The Labute approximate surface area is 239 Å². The number of ether oxygens (including phenoxy) is 4. The fourth-order valence-electron chi connectivity index (χ4n) is 4.68. The lowest BCUT2D eigenvalue weighted by atomic mass is 9.94. The molecule has 2 heterocycles. The molecule has 0 aliphatic carbocycles. The third kappa shape index (κ3) is 5.04. The molecule has 0 radical (unpaired) electrons. The normalized spacial score (nSPS) is 16.3. The van der Waals surface area contributed by atoms with E-state index < -0.39 is 23.5 Å². The first-order valence-corrected chi connectivity index (χ1v) is 13.5. The summed E-state index contributed by atoms with van der Waals surface area (Å²) in [5.41, 5.74) is 1.01. The molecule has 1 amide bonds. The maximum Gasteiger partial charge on any atom is 0.301 e. The van der Waals surface area contributed by atoms with Gasteiger partial charge < -0.3 is 24.1 Å². The molecule has 1 aliphatic rings. The number of rotatable bonds is 9. The molecule has 1 atom stereocenters. The van der Waals surface area contributed by atoms with Gasteiger partial charge in [0.05, 0.1) is 49.8 Å².